The fraction of sp³-hybridized carbons (Fsp3) is 0.692. The molecule has 2 rings (SSSR count). The highest BCUT2D eigenvalue weighted by atomic mass is 32.1. The SMILES string of the molecule is C[C@H](c1nccs1)N(C)C(=O)CCN1CCCCO1. The number of nitrogens with zero attached hydrogens (tertiary/aromatic N) is 3. The van der Waals surface area contributed by atoms with E-state index >= 15 is 0 Å². The average Bonchev–Trinajstić information content (AvgIpc) is 2.98. The normalized spacial score (nSPS) is 18.2. The number of aromatic nitrogens is 1. The van der Waals surface area contributed by atoms with Gasteiger partial charge in [0.25, 0.3) is 0 Å². The zero-order chi connectivity index (χ0) is 13.7. The maximum Gasteiger partial charge on any atom is 0.224 e. The molecule has 1 aromatic rings. The second kappa shape index (κ2) is 6.98. The maximum atomic E-state index is 12.1. The van der Waals surface area contributed by atoms with E-state index < -0.39 is 0 Å². The summed E-state index contributed by atoms with van der Waals surface area (Å²) in [6, 6.07) is 0.0368. The van der Waals surface area contributed by atoms with Crippen LogP contribution in [0.3, 0.4) is 0 Å². The maximum absolute atomic E-state index is 12.1. The van der Waals surface area contributed by atoms with Crippen LogP contribution in [0.5, 0.6) is 0 Å². The van der Waals surface area contributed by atoms with E-state index in [1.165, 1.54) is 0 Å². The number of thiazole rings is 1. The summed E-state index contributed by atoms with van der Waals surface area (Å²) in [6.45, 7) is 4.39. The molecule has 0 aliphatic carbocycles. The van der Waals surface area contributed by atoms with Gasteiger partial charge in [-0.25, -0.2) is 4.98 Å². The molecule has 1 aliphatic heterocycles. The zero-order valence-electron chi connectivity index (χ0n) is 11.5. The topological polar surface area (TPSA) is 45.7 Å². The smallest absolute Gasteiger partial charge is 0.224 e. The van der Waals surface area contributed by atoms with Gasteiger partial charge < -0.3 is 4.90 Å². The minimum atomic E-state index is 0.0368. The molecule has 1 saturated heterocycles. The van der Waals surface area contributed by atoms with Crippen molar-refractivity contribution in [2.45, 2.75) is 32.2 Å². The summed E-state index contributed by atoms with van der Waals surface area (Å²) in [6.07, 6.45) is 4.54. The molecule has 0 N–H and O–H groups in total. The van der Waals surface area contributed by atoms with Crippen molar-refractivity contribution in [3.63, 3.8) is 0 Å². The van der Waals surface area contributed by atoms with E-state index in [1.807, 2.05) is 24.4 Å². The Morgan fingerprint density at radius 1 is 1.63 bits per heavy atom. The first-order valence-electron chi connectivity index (χ1n) is 6.71. The molecule has 106 valence electrons. The first kappa shape index (κ1) is 14.4. The molecule has 1 fully saturated rings. The molecular weight excluding hydrogens is 262 g/mol. The fourth-order valence-corrected chi connectivity index (χ4v) is 2.78. The highest BCUT2D eigenvalue weighted by Crippen LogP contribution is 2.21. The molecule has 1 amide bonds. The van der Waals surface area contributed by atoms with Gasteiger partial charge in [-0.1, -0.05) is 0 Å². The van der Waals surface area contributed by atoms with Gasteiger partial charge in [0.05, 0.1) is 12.6 Å². The highest BCUT2D eigenvalue weighted by molar-refractivity contribution is 7.09. The van der Waals surface area contributed by atoms with Crippen molar-refractivity contribution in [3.8, 4) is 0 Å². The van der Waals surface area contributed by atoms with E-state index in [9.17, 15) is 4.79 Å². The van der Waals surface area contributed by atoms with Crippen molar-refractivity contribution in [1.82, 2.24) is 14.9 Å². The van der Waals surface area contributed by atoms with Gasteiger partial charge in [0.1, 0.15) is 5.01 Å². The first-order chi connectivity index (χ1) is 9.18. The van der Waals surface area contributed by atoms with E-state index in [1.54, 1.807) is 22.4 Å². The Labute approximate surface area is 118 Å². The van der Waals surface area contributed by atoms with Crippen molar-refractivity contribution >= 4 is 17.2 Å². The van der Waals surface area contributed by atoms with Gasteiger partial charge in [-0.2, -0.15) is 5.06 Å². The molecule has 19 heavy (non-hydrogen) atoms. The van der Waals surface area contributed by atoms with Crippen molar-refractivity contribution in [2.24, 2.45) is 0 Å². The summed E-state index contributed by atoms with van der Waals surface area (Å²) in [5.74, 6) is 0.136. The largest absolute Gasteiger partial charge is 0.337 e. The van der Waals surface area contributed by atoms with Crippen LogP contribution >= 0.6 is 11.3 Å². The van der Waals surface area contributed by atoms with Gasteiger partial charge >= 0.3 is 0 Å². The van der Waals surface area contributed by atoms with Crippen LogP contribution in [0.2, 0.25) is 0 Å². The second-order valence-electron chi connectivity index (χ2n) is 4.77. The van der Waals surface area contributed by atoms with E-state index in [-0.39, 0.29) is 11.9 Å². The Morgan fingerprint density at radius 2 is 2.47 bits per heavy atom. The summed E-state index contributed by atoms with van der Waals surface area (Å²) < 4.78 is 0. The van der Waals surface area contributed by atoms with Crippen LogP contribution in [-0.2, 0) is 9.63 Å². The molecule has 0 spiro atoms. The Hall–Kier alpha value is -0.980. The second-order valence-corrected chi connectivity index (χ2v) is 5.70. The summed E-state index contributed by atoms with van der Waals surface area (Å²) >= 11 is 1.58. The van der Waals surface area contributed by atoms with E-state index in [0.29, 0.717) is 13.0 Å². The molecule has 0 saturated carbocycles. The summed E-state index contributed by atoms with van der Waals surface area (Å²) in [7, 11) is 1.84. The number of carbonyl (C=O) groups excluding carboxylic acids is 1. The lowest BCUT2D eigenvalue weighted by molar-refractivity contribution is -0.182. The van der Waals surface area contributed by atoms with Gasteiger partial charge in [-0.3, -0.25) is 9.63 Å². The molecule has 1 aliphatic rings. The molecule has 0 radical (unpaired) electrons. The minimum Gasteiger partial charge on any atom is -0.337 e. The number of carbonyl (C=O) groups is 1. The van der Waals surface area contributed by atoms with Crippen LogP contribution in [0.25, 0.3) is 0 Å². The Kier molecular flexibility index (Phi) is 5.30. The lowest BCUT2D eigenvalue weighted by Crippen LogP contribution is -2.36. The molecular formula is C13H21N3O2S. The van der Waals surface area contributed by atoms with Crippen LogP contribution in [0.1, 0.15) is 37.2 Å². The summed E-state index contributed by atoms with van der Waals surface area (Å²) in [5, 5.41) is 4.82. The Balaban J connectivity index is 1.78. The van der Waals surface area contributed by atoms with Gasteiger partial charge in [-0.15, -0.1) is 11.3 Å². The molecule has 0 aromatic carbocycles. The lowest BCUT2D eigenvalue weighted by Gasteiger charge is -2.28. The van der Waals surface area contributed by atoms with Crippen molar-refractivity contribution in [2.75, 3.05) is 26.7 Å². The Morgan fingerprint density at radius 3 is 3.11 bits per heavy atom. The number of rotatable bonds is 5. The number of hydrogen-bond acceptors (Lipinski definition) is 5. The predicted molar refractivity (Wildman–Crippen MR) is 74.7 cm³/mol. The molecule has 0 bridgehead atoms. The van der Waals surface area contributed by atoms with Crippen LogP contribution < -0.4 is 0 Å². The summed E-state index contributed by atoms with van der Waals surface area (Å²) in [5.41, 5.74) is 0. The standard InChI is InChI=1S/C13H21N3O2S/c1-11(13-14-6-10-19-13)15(2)12(17)5-8-16-7-3-4-9-18-16/h6,10-11H,3-5,7-9H2,1-2H3/t11-/m1/s1. The van der Waals surface area contributed by atoms with Gasteiger partial charge in [-0.05, 0) is 19.8 Å². The molecule has 5 nitrogen and oxygen atoms in total. The van der Waals surface area contributed by atoms with E-state index in [2.05, 4.69) is 4.98 Å². The minimum absolute atomic E-state index is 0.0368. The summed E-state index contributed by atoms with van der Waals surface area (Å²) in [4.78, 5) is 23.7. The van der Waals surface area contributed by atoms with Gasteiger partial charge in [0.2, 0.25) is 5.91 Å². The number of hydrogen-bond donors (Lipinski definition) is 0. The third-order valence-corrected chi connectivity index (χ3v) is 4.38. The monoisotopic (exact) mass is 283 g/mol. The molecule has 6 heteroatoms. The Bertz CT molecular complexity index is 391. The van der Waals surface area contributed by atoms with E-state index in [4.69, 9.17) is 4.84 Å². The quantitative estimate of drug-likeness (QED) is 0.830. The predicted octanol–water partition coefficient (Wildman–Crippen LogP) is 2.08. The zero-order valence-corrected chi connectivity index (χ0v) is 12.4. The van der Waals surface area contributed by atoms with Crippen LogP contribution in [0.15, 0.2) is 11.6 Å². The number of hydroxylamine groups is 2. The average molecular weight is 283 g/mol. The van der Waals surface area contributed by atoms with Crippen LogP contribution in [0, 0.1) is 0 Å². The molecule has 2 heterocycles. The van der Waals surface area contributed by atoms with Crippen molar-refractivity contribution < 1.29 is 9.63 Å². The lowest BCUT2D eigenvalue weighted by atomic mass is 10.2. The van der Waals surface area contributed by atoms with Crippen molar-refractivity contribution in [1.29, 1.82) is 0 Å². The van der Waals surface area contributed by atoms with Crippen LogP contribution in [0.4, 0.5) is 0 Å². The fourth-order valence-electron chi connectivity index (χ4n) is 2.04. The van der Waals surface area contributed by atoms with E-state index in [0.717, 1.165) is 31.0 Å². The molecule has 0 unspecified atom stereocenters. The number of amides is 1. The van der Waals surface area contributed by atoms with Gasteiger partial charge in [0.15, 0.2) is 0 Å². The highest BCUT2D eigenvalue weighted by Gasteiger charge is 2.20. The first-order valence-corrected chi connectivity index (χ1v) is 7.59. The van der Waals surface area contributed by atoms with Gasteiger partial charge in [0, 0.05) is 38.1 Å². The van der Waals surface area contributed by atoms with Crippen molar-refractivity contribution in [3.05, 3.63) is 16.6 Å². The molecule has 1 aromatic heterocycles. The molecule has 1 atom stereocenters. The third-order valence-electron chi connectivity index (χ3n) is 3.43. The van der Waals surface area contributed by atoms with Crippen LogP contribution in [-0.4, -0.2) is 47.6 Å². The third kappa shape index (κ3) is 3.99.